The summed E-state index contributed by atoms with van der Waals surface area (Å²) in [4.78, 5) is 26.8. The highest BCUT2D eigenvalue weighted by atomic mass is 32.2. The van der Waals surface area contributed by atoms with Gasteiger partial charge in [0.25, 0.3) is 5.91 Å². The Hall–Kier alpha value is -2.90. The van der Waals surface area contributed by atoms with Gasteiger partial charge in [0.2, 0.25) is 0 Å². The molecule has 1 N–H and O–H groups in total. The molecule has 0 radical (unpaired) electrons. The van der Waals surface area contributed by atoms with Crippen molar-refractivity contribution < 1.29 is 4.79 Å². The van der Waals surface area contributed by atoms with Crippen molar-refractivity contribution in [3.63, 3.8) is 0 Å². The Labute approximate surface area is 212 Å². The van der Waals surface area contributed by atoms with Gasteiger partial charge in [0.05, 0.1) is 0 Å². The molecule has 1 aliphatic heterocycles. The van der Waals surface area contributed by atoms with Crippen LogP contribution in [0.3, 0.4) is 0 Å². The van der Waals surface area contributed by atoms with Crippen molar-refractivity contribution in [2.45, 2.75) is 49.7 Å². The molecule has 6 nitrogen and oxygen atoms in total. The monoisotopic (exact) mass is 487 g/mol. The maximum atomic E-state index is 12.2. The van der Waals surface area contributed by atoms with Gasteiger partial charge in [0, 0.05) is 61.8 Å². The van der Waals surface area contributed by atoms with Crippen LogP contribution in [0.2, 0.25) is 0 Å². The molecule has 0 atom stereocenters. The predicted octanol–water partition coefficient (Wildman–Crippen LogP) is 4.55. The largest absolute Gasteiger partial charge is 0.354 e. The van der Waals surface area contributed by atoms with Crippen LogP contribution in [-0.4, -0.2) is 53.0 Å². The second kappa shape index (κ2) is 11.2. The van der Waals surface area contributed by atoms with Crippen LogP contribution in [0.4, 0.5) is 5.82 Å². The highest BCUT2D eigenvalue weighted by molar-refractivity contribution is 7.98. The van der Waals surface area contributed by atoms with Gasteiger partial charge in [0.1, 0.15) is 5.82 Å². The first-order chi connectivity index (χ1) is 17.2. The first-order valence-electron chi connectivity index (χ1n) is 12.6. The molecule has 182 valence electrons. The van der Waals surface area contributed by atoms with Gasteiger partial charge in [-0.3, -0.25) is 9.69 Å². The van der Waals surface area contributed by atoms with Crippen LogP contribution in [0.15, 0.2) is 65.8 Å². The number of benzene rings is 2. The van der Waals surface area contributed by atoms with Crippen LogP contribution in [-0.2, 0) is 18.7 Å². The average Bonchev–Trinajstić information content (AvgIpc) is 3.72. The number of nitrogens with one attached hydrogen (secondary N) is 1. The Balaban J connectivity index is 1.18. The number of hydrogen-bond donors (Lipinski definition) is 1. The van der Waals surface area contributed by atoms with Crippen LogP contribution in [0.25, 0.3) is 0 Å². The van der Waals surface area contributed by atoms with Crippen LogP contribution in [0.1, 0.15) is 46.9 Å². The molecule has 2 aliphatic rings. The van der Waals surface area contributed by atoms with Gasteiger partial charge in [-0.15, -0.1) is 0 Å². The van der Waals surface area contributed by atoms with Crippen molar-refractivity contribution in [1.82, 2.24) is 20.2 Å². The summed E-state index contributed by atoms with van der Waals surface area (Å²) in [5.41, 5.74) is 4.34. The molecule has 1 aromatic heterocycles. The van der Waals surface area contributed by atoms with E-state index in [0.29, 0.717) is 6.04 Å². The van der Waals surface area contributed by atoms with E-state index in [0.717, 1.165) is 80.0 Å². The second-order valence-electron chi connectivity index (χ2n) is 9.34. The average molecular weight is 488 g/mol. The minimum absolute atomic E-state index is 0.0270. The predicted molar refractivity (Wildman–Crippen MR) is 142 cm³/mol. The fourth-order valence-electron chi connectivity index (χ4n) is 4.24. The Morgan fingerprint density at radius 1 is 0.971 bits per heavy atom. The van der Waals surface area contributed by atoms with E-state index in [2.05, 4.69) is 58.4 Å². The number of aryl methyl sites for hydroxylation is 1. The molecule has 5 rings (SSSR count). The number of piperazine rings is 1. The van der Waals surface area contributed by atoms with Crippen molar-refractivity contribution in [1.29, 1.82) is 0 Å². The zero-order valence-electron chi connectivity index (χ0n) is 20.3. The Bertz CT molecular complexity index is 1130. The van der Waals surface area contributed by atoms with Crippen molar-refractivity contribution >= 4 is 23.5 Å². The van der Waals surface area contributed by atoms with Crippen LogP contribution >= 0.6 is 11.8 Å². The standard InChI is InChI=1S/C28H33N5OS/c1-2-24-18-26(33-16-14-32(15-17-33)19-21-6-4-3-5-7-21)31-28(30-24)35-20-22-8-10-23(11-9-22)27(34)29-25-12-13-25/h3-11,18,25H,2,12-17,19-20H2,1H3,(H,29,34). The third-order valence-electron chi connectivity index (χ3n) is 6.55. The first-order valence-corrected chi connectivity index (χ1v) is 13.6. The summed E-state index contributed by atoms with van der Waals surface area (Å²) in [5, 5.41) is 3.86. The third-order valence-corrected chi connectivity index (χ3v) is 7.47. The SMILES string of the molecule is CCc1cc(N2CCN(Cc3ccccc3)CC2)nc(SCc2ccc(C(=O)NC3CC3)cc2)n1. The Morgan fingerprint density at radius 3 is 2.40 bits per heavy atom. The lowest BCUT2D eigenvalue weighted by Gasteiger charge is -2.35. The second-order valence-corrected chi connectivity index (χ2v) is 10.3. The van der Waals surface area contributed by atoms with E-state index < -0.39 is 0 Å². The molecule has 35 heavy (non-hydrogen) atoms. The molecule has 3 aromatic rings. The van der Waals surface area contributed by atoms with Gasteiger partial charge >= 0.3 is 0 Å². The van der Waals surface area contributed by atoms with Gasteiger partial charge in [0.15, 0.2) is 5.16 Å². The fraction of sp³-hybridized carbons (Fsp3) is 0.393. The summed E-state index contributed by atoms with van der Waals surface area (Å²) in [6.07, 6.45) is 3.09. The highest BCUT2D eigenvalue weighted by Gasteiger charge is 2.23. The number of hydrogen-bond acceptors (Lipinski definition) is 6. The van der Waals surface area contributed by atoms with Gasteiger partial charge in [-0.05, 0) is 42.5 Å². The molecule has 0 unspecified atom stereocenters. The lowest BCUT2D eigenvalue weighted by atomic mass is 10.1. The van der Waals surface area contributed by atoms with Crippen LogP contribution < -0.4 is 10.2 Å². The van der Waals surface area contributed by atoms with E-state index in [9.17, 15) is 4.79 Å². The molecule has 2 fully saturated rings. The first kappa shape index (κ1) is 23.8. The molecular weight excluding hydrogens is 454 g/mol. The Morgan fingerprint density at radius 2 is 1.71 bits per heavy atom. The molecule has 0 bridgehead atoms. The number of carbonyl (C=O) groups excluding carboxylic acids is 1. The van der Waals surface area contributed by atoms with Gasteiger partial charge in [-0.2, -0.15) is 0 Å². The number of nitrogens with zero attached hydrogens (tertiary/aromatic N) is 4. The van der Waals surface area contributed by atoms with E-state index in [-0.39, 0.29) is 5.91 Å². The van der Waals surface area contributed by atoms with E-state index in [4.69, 9.17) is 9.97 Å². The molecule has 2 aromatic carbocycles. The molecule has 2 heterocycles. The normalized spacial score (nSPS) is 16.3. The number of carbonyl (C=O) groups is 1. The van der Waals surface area contributed by atoms with Crippen molar-refractivity contribution in [2.75, 3.05) is 31.1 Å². The van der Waals surface area contributed by atoms with Crippen molar-refractivity contribution in [2.24, 2.45) is 0 Å². The smallest absolute Gasteiger partial charge is 0.251 e. The lowest BCUT2D eigenvalue weighted by Crippen LogP contribution is -2.46. The Kier molecular flexibility index (Phi) is 7.64. The molecule has 1 saturated carbocycles. The maximum Gasteiger partial charge on any atom is 0.251 e. The van der Waals surface area contributed by atoms with E-state index >= 15 is 0 Å². The number of anilines is 1. The van der Waals surface area contributed by atoms with E-state index in [1.807, 2.05) is 24.3 Å². The fourth-order valence-corrected chi connectivity index (χ4v) is 5.07. The summed E-state index contributed by atoms with van der Waals surface area (Å²) < 4.78 is 0. The highest BCUT2D eigenvalue weighted by Crippen LogP contribution is 2.25. The minimum Gasteiger partial charge on any atom is -0.354 e. The molecule has 0 spiro atoms. The summed E-state index contributed by atoms with van der Waals surface area (Å²) in [7, 11) is 0. The van der Waals surface area contributed by atoms with E-state index in [1.165, 1.54) is 11.1 Å². The van der Waals surface area contributed by atoms with E-state index in [1.54, 1.807) is 11.8 Å². The number of aromatic nitrogens is 2. The van der Waals surface area contributed by atoms with Gasteiger partial charge in [-0.1, -0.05) is 61.2 Å². The number of rotatable bonds is 9. The summed E-state index contributed by atoms with van der Waals surface area (Å²) in [6.45, 7) is 7.15. The van der Waals surface area contributed by atoms with Crippen LogP contribution in [0.5, 0.6) is 0 Å². The molecule has 1 saturated heterocycles. The molecule has 1 amide bonds. The van der Waals surface area contributed by atoms with Crippen LogP contribution in [0, 0.1) is 0 Å². The zero-order chi connectivity index (χ0) is 24.0. The molecular formula is C28H33N5OS. The summed E-state index contributed by atoms with van der Waals surface area (Å²) in [6, 6.07) is 21.1. The molecule has 1 aliphatic carbocycles. The summed E-state index contributed by atoms with van der Waals surface area (Å²) >= 11 is 1.66. The maximum absolute atomic E-state index is 12.2. The van der Waals surface area contributed by atoms with Gasteiger partial charge < -0.3 is 10.2 Å². The number of amides is 1. The zero-order valence-corrected chi connectivity index (χ0v) is 21.1. The minimum atomic E-state index is 0.0270. The number of thioether (sulfide) groups is 1. The van der Waals surface area contributed by atoms with Gasteiger partial charge in [-0.25, -0.2) is 9.97 Å². The molecule has 7 heteroatoms. The lowest BCUT2D eigenvalue weighted by molar-refractivity contribution is 0.0951. The topological polar surface area (TPSA) is 61.4 Å². The van der Waals surface area contributed by atoms with Crippen molar-refractivity contribution in [3.05, 3.63) is 83.0 Å². The quantitative estimate of drug-likeness (QED) is 0.353. The summed E-state index contributed by atoms with van der Waals surface area (Å²) in [5.74, 6) is 1.84. The third kappa shape index (κ3) is 6.61. The van der Waals surface area contributed by atoms with Crippen molar-refractivity contribution in [3.8, 4) is 0 Å².